The van der Waals surface area contributed by atoms with Crippen molar-refractivity contribution < 1.29 is 14.3 Å². The number of nitrogens with zero attached hydrogens (tertiary/aromatic N) is 1. The smallest absolute Gasteiger partial charge is 0.358 e. The summed E-state index contributed by atoms with van der Waals surface area (Å²) in [6.07, 6.45) is 0.973. The van der Waals surface area contributed by atoms with Crippen molar-refractivity contribution in [1.82, 2.24) is 4.98 Å². The molecule has 0 saturated carbocycles. The Balaban J connectivity index is 1.57. The minimum absolute atomic E-state index is 0.207. The lowest BCUT2D eigenvalue weighted by molar-refractivity contribution is -0.119. The third-order valence-corrected chi connectivity index (χ3v) is 4.97. The molecule has 2 aromatic carbocycles. The quantitative estimate of drug-likeness (QED) is 0.641. The third-order valence-electron chi connectivity index (χ3n) is 4.08. The Morgan fingerprint density at radius 3 is 2.56 bits per heavy atom. The van der Waals surface area contributed by atoms with E-state index >= 15 is 0 Å². The molecule has 0 bridgehead atoms. The van der Waals surface area contributed by atoms with Crippen LogP contribution in [0, 0.1) is 6.92 Å². The Hall–Kier alpha value is -2.99. The van der Waals surface area contributed by atoms with E-state index < -0.39 is 5.97 Å². The first-order chi connectivity index (χ1) is 13.1. The van der Waals surface area contributed by atoms with Crippen molar-refractivity contribution in [3.8, 4) is 10.6 Å². The number of hydrogen-bond acceptors (Lipinski definition) is 5. The first-order valence-electron chi connectivity index (χ1n) is 8.64. The molecule has 0 aliphatic carbocycles. The van der Waals surface area contributed by atoms with Gasteiger partial charge in [-0.25, -0.2) is 9.78 Å². The molecule has 138 valence electrons. The van der Waals surface area contributed by atoms with Crippen molar-refractivity contribution in [2.75, 3.05) is 11.9 Å². The van der Waals surface area contributed by atoms with Crippen LogP contribution in [0.4, 0.5) is 5.69 Å². The normalized spacial score (nSPS) is 10.4. The van der Waals surface area contributed by atoms with Crippen molar-refractivity contribution in [2.45, 2.75) is 20.3 Å². The van der Waals surface area contributed by atoms with Crippen LogP contribution in [0.25, 0.3) is 10.6 Å². The predicted molar refractivity (Wildman–Crippen MR) is 107 cm³/mol. The fourth-order valence-electron chi connectivity index (χ4n) is 2.49. The Labute approximate surface area is 162 Å². The Morgan fingerprint density at radius 2 is 1.85 bits per heavy atom. The number of para-hydroxylation sites is 1. The minimum Gasteiger partial charge on any atom is -0.451 e. The molecule has 27 heavy (non-hydrogen) atoms. The van der Waals surface area contributed by atoms with Gasteiger partial charge in [0.2, 0.25) is 0 Å². The van der Waals surface area contributed by atoms with E-state index in [1.165, 1.54) is 16.9 Å². The number of thiazole rings is 1. The lowest BCUT2D eigenvalue weighted by Crippen LogP contribution is -2.21. The van der Waals surface area contributed by atoms with E-state index in [0.717, 1.165) is 22.6 Å². The number of esters is 1. The van der Waals surface area contributed by atoms with E-state index in [4.69, 9.17) is 4.74 Å². The molecule has 0 radical (unpaired) electrons. The summed E-state index contributed by atoms with van der Waals surface area (Å²) in [5.74, 6) is -0.995. The Kier molecular flexibility index (Phi) is 5.98. The van der Waals surface area contributed by atoms with Gasteiger partial charge < -0.3 is 10.1 Å². The molecule has 3 rings (SSSR count). The molecule has 5 nitrogen and oxygen atoms in total. The van der Waals surface area contributed by atoms with Gasteiger partial charge in [-0.3, -0.25) is 4.79 Å². The highest BCUT2D eigenvalue weighted by molar-refractivity contribution is 7.13. The monoisotopic (exact) mass is 380 g/mol. The van der Waals surface area contributed by atoms with Crippen LogP contribution in [-0.2, 0) is 16.0 Å². The number of rotatable bonds is 6. The largest absolute Gasteiger partial charge is 0.451 e. The second-order valence-corrected chi connectivity index (χ2v) is 6.89. The molecule has 0 unspecified atom stereocenters. The molecular weight excluding hydrogens is 360 g/mol. The fraction of sp³-hybridized carbons (Fsp3) is 0.190. The highest BCUT2D eigenvalue weighted by atomic mass is 32.1. The molecule has 3 aromatic rings. The van der Waals surface area contributed by atoms with E-state index in [1.807, 2.05) is 49.4 Å². The van der Waals surface area contributed by atoms with Crippen molar-refractivity contribution in [3.05, 3.63) is 70.7 Å². The maximum Gasteiger partial charge on any atom is 0.358 e. The number of carbonyl (C=O) groups excluding carboxylic acids is 2. The van der Waals surface area contributed by atoms with Gasteiger partial charge in [0.05, 0.1) is 0 Å². The summed E-state index contributed by atoms with van der Waals surface area (Å²) in [6.45, 7) is 3.64. The summed E-state index contributed by atoms with van der Waals surface area (Å²) in [4.78, 5) is 28.5. The average Bonchev–Trinajstić information content (AvgIpc) is 3.18. The van der Waals surface area contributed by atoms with Gasteiger partial charge in [-0.15, -0.1) is 11.3 Å². The maximum absolute atomic E-state index is 12.2. The minimum atomic E-state index is -0.609. The number of carbonyl (C=O) groups is 2. The summed E-state index contributed by atoms with van der Waals surface area (Å²) in [6, 6.07) is 15.5. The Morgan fingerprint density at radius 1 is 1.11 bits per heavy atom. The molecule has 1 N–H and O–H groups in total. The van der Waals surface area contributed by atoms with Gasteiger partial charge in [0, 0.05) is 16.6 Å². The molecule has 1 amide bonds. The van der Waals surface area contributed by atoms with Crippen LogP contribution in [0.2, 0.25) is 0 Å². The second kappa shape index (κ2) is 8.60. The van der Waals surface area contributed by atoms with Crippen LogP contribution in [0.1, 0.15) is 28.5 Å². The van der Waals surface area contributed by atoms with Crippen molar-refractivity contribution in [3.63, 3.8) is 0 Å². The lowest BCUT2D eigenvalue weighted by atomic mass is 10.1. The van der Waals surface area contributed by atoms with Gasteiger partial charge in [-0.2, -0.15) is 0 Å². The van der Waals surface area contributed by atoms with E-state index in [9.17, 15) is 9.59 Å². The number of hydrogen-bond donors (Lipinski definition) is 1. The molecule has 1 aromatic heterocycles. The van der Waals surface area contributed by atoms with Crippen LogP contribution in [0.3, 0.4) is 0 Å². The summed E-state index contributed by atoms with van der Waals surface area (Å²) in [5.41, 5.74) is 4.04. The first kappa shape index (κ1) is 18.8. The Bertz CT molecular complexity index is 948. The first-order valence-corrected chi connectivity index (χ1v) is 9.52. The zero-order chi connectivity index (χ0) is 19.2. The molecule has 1 heterocycles. The fourth-order valence-corrected chi connectivity index (χ4v) is 3.28. The van der Waals surface area contributed by atoms with E-state index in [2.05, 4.69) is 17.2 Å². The van der Waals surface area contributed by atoms with E-state index in [1.54, 1.807) is 11.4 Å². The van der Waals surface area contributed by atoms with Crippen LogP contribution < -0.4 is 5.32 Å². The SMILES string of the molecule is CCc1ccc(-c2nc(C(=O)OCC(=O)Nc3ccccc3C)cs2)cc1. The maximum atomic E-state index is 12.2. The molecule has 0 spiro atoms. The molecule has 0 atom stereocenters. The number of anilines is 1. The number of amides is 1. The summed E-state index contributed by atoms with van der Waals surface area (Å²) < 4.78 is 5.08. The van der Waals surface area contributed by atoms with Crippen LogP contribution in [0.5, 0.6) is 0 Å². The summed E-state index contributed by atoms with van der Waals surface area (Å²) in [5, 5.41) is 5.11. The van der Waals surface area contributed by atoms with Crippen molar-refractivity contribution in [1.29, 1.82) is 0 Å². The number of benzene rings is 2. The van der Waals surface area contributed by atoms with Gasteiger partial charge in [0.25, 0.3) is 5.91 Å². The molecule has 0 fully saturated rings. The number of nitrogens with one attached hydrogen (secondary N) is 1. The van der Waals surface area contributed by atoms with Gasteiger partial charge in [0.1, 0.15) is 5.01 Å². The summed E-state index contributed by atoms with van der Waals surface area (Å²) in [7, 11) is 0. The highest BCUT2D eigenvalue weighted by Gasteiger charge is 2.15. The zero-order valence-corrected chi connectivity index (χ0v) is 16.0. The number of aromatic nitrogens is 1. The standard InChI is InChI=1S/C21H20N2O3S/c1-3-15-8-10-16(11-9-15)20-23-18(13-27-20)21(25)26-12-19(24)22-17-7-5-4-6-14(17)2/h4-11,13H,3,12H2,1-2H3,(H,22,24). The average molecular weight is 380 g/mol. The number of ether oxygens (including phenoxy) is 1. The van der Waals surface area contributed by atoms with Gasteiger partial charge >= 0.3 is 5.97 Å². The molecule has 0 saturated heterocycles. The van der Waals surface area contributed by atoms with E-state index in [-0.39, 0.29) is 18.2 Å². The van der Waals surface area contributed by atoms with Crippen LogP contribution in [-0.4, -0.2) is 23.5 Å². The van der Waals surface area contributed by atoms with Gasteiger partial charge in [-0.05, 0) is 30.5 Å². The topological polar surface area (TPSA) is 68.3 Å². The van der Waals surface area contributed by atoms with Crippen molar-refractivity contribution in [2.24, 2.45) is 0 Å². The summed E-state index contributed by atoms with van der Waals surface area (Å²) >= 11 is 1.37. The number of aryl methyl sites for hydroxylation is 2. The molecular formula is C21H20N2O3S. The molecule has 0 aliphatic rings. The third kappa shape index (κ3) is 4.80. The zero-order valence-electron chi connectivity index (χ0n) is 15.2. The highest BCUT2D eigenvalue weighted by Crippen LogP contribution is 2.24. The molecule has 0 aliphatic heterocycles. The van der Waals surface area contributed by atoms with E-state index in [0.29, 0.717) is 5.69 Å². The van der Waals surface area contributed by atoms with Gasteiger partial charge in [0.15, 0.2) is 12.3 Å². The second-order valence-electron chi connectivity index (χ2n) is 6.03. The van der Waals surface area contributed by atoms with Gasteiger partial charge in [-0.1, -0.05) is 49.4 Å². The van der Waals surface area contributed by atoms with Crippen LogP contribution in [0.15, 0.2) is 53.9 Å². The predicted octanol–water partition coefficient (Wildman–Crippen LogP) is 4.48. The van der Waals surface area contributed by atoms with Crippen LogP contribution >= 0.6 is 11.3 Å². The van der Waals surface area contributed by atoms with Crippen molar-refractivity contribution >= 4 is 28.9 Å². The lowest BCUT2D eigenvalue weighted by Gasteiger charge is -2.08. The molecule has 6 heteroatoms.